The lowest BCUT2D eigenvalue weighted by Gasteiger charge is -2.29. The predicted octanol–water partition coefficient (Wildman–Crippen LogP) is 1.16. The first-order chi connectivity index (χ1) is 7.25. The van der Waals surface area contributed by atoms with Gasteiger partial charge in [0.2, 0.25) is 5.88 Å². The van der Waals surface area contributed by atoms with Gasteiger partial charge in [0.15, 0.2) is 0 Å². The van der Waals surface area contributed by atoms with Crippen LogP contribution in [0.15, 0.2) is 12.4 Å². The minimum absolute atomic E-state index is 0.230. The number of nitrogens with zero attached hydrogens (tertiary/aromatic N) is 2. The Morgan fingerprint density at radius 1 is 1.47 bits per heavy atom. The zero-order valence-electron chi connectivity index (χ0n) is 9.23. The van der Waals surface area contributed by atoms with Crippen molar-refractivity contribution in [2.45, 2.75) is 26.4 Å². The van der Waals surface area contributed by atoms with Gasteiger partial charge in [0.05, 0.1) is 0 Å². The van der Waals surface area contributed by atoms with Gasteiger partial charge in [-0.05, 0) is 25.8 Å². The van der Waals surface area contributed by atoms with E-state index >= 15 is 0 Å². The van der Waals surface area contributed by atoms with Gasteiger partial charge in [-0.2, -0.15) is 0 Å². The first-order valence-corrected chi connectivity index (χ1v) is 5.42. The number of aryl methyl sites for hydroxylation is 1. The fraction of sp³-hybridized carbons (Fsp3) is 0.636. The molecule has 2 atom stereocenters. The Balaban J connectivity index is 2.01. The molecular weight excluding hydrogens is 190 g/mol. The summed E-state index contributed by atoms with van der Waals surface area (Å²) < 4.78 is 5.83. The van der Waals surface area contributed by atoms with Gasteiger partial charge in [-0.15, -0.1) is 0 Å². The number of rotatable bonds is 2. The quantitative estimate of drug-likeness (QED) is 0.790. The fourth-order valence-corrected chi connectivity index (χ4v) is 1.77. The van der Waals surface area contributed by atoms with Gasteiger partial charge < -0.3 is 10.1 Å². The Hall–Kier alpha value is -1.16. The average molecular weight is 207 g/mol. The largest absolute Gasteiger partial charge is 0.473 e. The molecule has 0 aromatic carbocycles. The fourth-order valence-electron chi connectivity index (χ4n) is 1.77. The van der Waals surface area contributed by atoms with E-state index in [-0.39, 0.29) is 6.10 Å². The van der Waals surface area contributed by atoms with Gasteiger partial charge in [-0.3, -0.25) is 0 Å². The highest BCUT2D eigenvalue weighted by atomic mass is 16.5. The molecule has 0 amide bonds. The lowest BCUT2D eigenvalue weighted by molar-refractivity contribution is 0.109. The van der Waals surface area contributed by atoms with E-state index in [1.807, 2.05) is 13.0 Å². The van der Waals surface area contributed by atoms with Gasteiger partial charge in [0.25, 0.3) is 0 Å². The molecule has 4 nitrogen and oxygen atoms in total. The minimum atomic E-state index is 0.230. The van der Waals surface area contributed by atoms with Crippen LogP contribution in [0.3, 0.4) is 0 Å². The summed E-state index contributed by atoms with van der Waals surface area (Å²) in [5.74, 6) is 1.27. The molecule has 2 unspecified atom stereocenters. The van der Waals surface area contributed by atoms with Crippen molar-refractivity contribution in [1.29, 1.82) is 0 Å². The van der Waals surface area contributed by atoms with Crippen molar-refractivity contribution < 1.29 is 4.74 Å². The molecule has 1 saturated heterocycles. The Morgan fingerprint density at radius 3 is 3.07 bits per heavy atom. The molecule has 0 saturated carbocycles. The third-order valence-corrected chi connectivity index (χ3v) is 2.81. The summed E-state index contributed by atoms with van der Waals surface area (Å²) in [4.78, 5) is 8.15. The maximum atomic E-state index is 5.83. The molecule has 4 heteroatoms. The summed E-state index contributed by atoms with van der Waals surface area (Å²) in [5.41, 5.74) is 0.941. The SMILES string of the molecule is Cc1cc(OC2CNCCC2C)ncn1. The highest BCUT2D eigenvalue weighted by Gasteiger charge is 2.22. The van der Waals surface area contributed by atoms with E-state index in [2.05, 4.69) is 22.2 Å². The summed E-state index contributed by atoms with van der Waals surface area (Å²) in [6, 6.07) is 1.88. The highest BCUT2D eigenvalue weighted by molar-refractivity contribution is 5.12. The number of aromatic nitrogens is 2. The van der Waals surface area contributed by atoms with Gasteiger partial charge >= 0.3 is 0 Å². The van der Waals surface area contributed by atoms with Crippen LogP contribution in [0.25, 0.3) is 0 Å². The molecule has 1 aromatic rings. The van der Waals surface area contributed by atoms with Crippen molar-refractivity contribution in [2.75, 3.05) is 13.1 Å². The molecule has 0 aliphatic carbocycles. The van der Waals surface area contributed by atoms with Gasteiger partial charge in [-0.25, -0.2) is 9.97 Å². The van der Waals surface area contributed by atoms with Gasteiger partial charge in [0, 0.05) is 18.3 Å². The summed E-state index contributed by atoms with van der Waals surface area (Å²) >= 11 is 0. The van der Waals surface area contributed by atoms with Crippen LogP contribution in [0.4, 0.5) is 0 Å². The van der Waals surface area contributed by atoms with Crippen LogP contribution in [0.1, 0.15) is 19.0 Å². The van der Waals surface area contributed by atoms with Crippen molar-refractivity contribution in [3.8, 4) is 5.88 Å². The zero-order valence-corrected chi connectivity index (χ0v) is 9.23. The van der Waals surface area contributed by atoms with E-state index in [9.17, 15) is 0 Å². The summed E-state index contributed by atoms with van der Waals surface area (Å²) in [6.45, 7) is 6.16. The first-order valence-electron chi connectivity index (χ1n) is 5.42. The van der Waals surface area contributed by atoms with E-state index in [0.29, 0.717) is 11.8 Å². The Bertz CT molecular complexity index is 329. The van der Waals surface area contributed by atoms with Crippen molar-refractivity contribution in [2.24, 2.45) is 5.92 Å². The maximum absolute atomic E-state index is 5.83. The lowest BCUT2D eigenvalue weighted by atomic mass is 9.97. The van der Waals surface area contributed by atoms with Crippen LogP contribution < -0.4 is 10.1 Å². The summed E-state index contributed by atoms with van der Waals surface area (Å²) in [5, 5.41) is 3.33. The van der Waals surface area contributed by atoms with E-state index in [1.54, 1.807) is 6.33 Å². The lowest BCUT2D eigenvalue weighted by Crippen LogP contribution is -2.43. The molecule has 1 aliphatic rings. The van der Waals surface area contributed by atoms with Crippen molar-refractivity contribution in [1.82, 2.24) is 15.3 Å². The monoisotopic (exact) mass is 207 g/mol. The van der Waals surface area contributed by atoms with Crippen LogP contribution in [0.2, 0.25) is 0 Å². The highest BCUT2D eigenvalue weighted by Crippen LogP contribution is 2.17. The Labute approximate surface area is 90.1 Å². The van der Waals surface area contributed by atoms with E-state index < -0.39 is 0 Å². The average Bonchev–Trinajstić information content (AvgIpc) is 2.22. The second-order valence-electron chi connectivity index (χ2n) is 4.12. The maximum Gasteiger partial charge on any atom is 0.216 e. The second kappa shape index (κ2) is 4.57. The molecule has 82 valence electrons. The second-order valence-corrected chi connectivity index (χ2v) is 4.12. The van der Waals surface area contributed by atoms with Crippen molar-refractivity contribution >= 4 is 0 Å². The van der Waals surface area contributed by atoms with Crippen molar-refractivity contribution in [3.63, 3.8) is 0 Å². The number of piperidine rings is 1. The van der Waals surface area contributed by atoms with Crippen LogP contribution in [-0.2, 0) is 0 Å². The topological polar surface area (TPSA) is 47.0 Å². The zero-order chi connectivity index (χ0) is 10.7. The molecule has 2 heterocycles. The number of nitrogens with one attached hydrogen (secondary N) is 1. The van der Waals surface area contributed by atoms with Crippen molar-refractivity contribution in [3.05, 3.63) is 18.1 Å². The smallest absolute Gasteiger partial charge is 0.216 e. The molecule has 0 radical (unpaired) electrons. The van der Waals surface area contributed by atoms with E-state index in [1.165, 1.54) is 0 Å². The molecule has 1 N–H and O–H groups in total. The minimum Gasteiger partial charge on any atom is -0.473 e. The first kappa shape index (κ1) is 10.4. The third kappa shape index (κ3) is 2.65. The number of ether oxygens (including phenoxy) is 1. The van der Waals surface area contributed by atoms with Crippen LogP contribution in [0, 0.1) is 12.8 Å². The number of hydrogen-bond donors (Lipinski definition) is 1. The molecular formula is C11H17N3O. The van der Waals surface area contributed by atoms with Crippen LogP contribution in [0.5, 0.6) is 5.88 Å². The van der Waals surface area contributed by atoms with Crippen LogP contribution in [-0.4, -0.2) is 29.2 Å². The Morgan fingerprint density at radius 2 is 2.33 bits per heavy atom. The van der Waals surface area contributed by atoms with E-state index in [4.69, 9.17) is 4.74 Å². The molecule has 0 bridgehead atoms. The molecule has 1 aliphatic heterocycles. The molecule has 0 spiro atoms. The molecule has 1 aromatic heterocycles. The standard InChI is InChI=1S/C11H17N3O/c1-8-3-4-12-6-10(8)15-11-5-9(2)13-7-14-11/h5,7-8,10,12H,3-4,6H2,1-2H3. The molecule has 2 rings (SSSR count). The normalized spacial score (nSPS) is 26.3. The summed E-state index contributed by atoms with van der Waals surface area (Å²) in [7, 11) is 0. The van der Waals surface area contributed by atoms with Gasteiger partial charge in [-0.1, -0.05) is 6.92 Å². The molecule has 15 heavy (non-hydrogen) atoms. The number of hydrogen-bond acceptors (Lipinski definition) is 4. The Kier molecular flexibility index (Phi) is 3.16. The van der Waals surface area contributed by atoms with E-state index in [0.717, 1.165) is 25.2 Å². The summed E-state index contributed by atoms with van der Waals surface area (Å²) in [6.07, 6.45) is 2.94. The van der Waals surface area contributed by atoms with Crippen LogP contribution >= 0.6 is 0 Å². The predicted molar refractivity (Wildman–Crippen MR) is 57.8 cm³/mol. The molecule has 1 fully saturated rings. The van der Waals surface area contributed by atoms with Gasteiger partial charge in [0.1, 0.15) is 12.4 Å². The third-order valence-electron chi connectivity index (χ3n) is 2.81.